The predicted octanol–water partition coefficient (Wildman–Crippen LogP) is 1.37. The van der Waals surface area contributed by atoms with E-state index in [0.29, 0.717) is 31.9 Å². The molecule has 0 radical (unpaired) electrons. The maximum Gasteiger partial charge on any atom is 0.255 e. The maximum atomic E-state index is 12.4. The van der Waals surface area contributed by atoms with E-state index in [1.165, 1.54) is 0 Å². The lowest BCUT2D eigenvalue weighted by Crippen LogP contribution is -2.47. The average molecular weight is 262 g/mol. The summed E-state index contributed by atoms with van der Waals surface area (Å²) >= 11 is 0. The van der Waals surface area contributed by atoms with Crippen LogP contribution in [-0.4, -0.2) is 47.9 Å². The van der Waals surface area contributed by atoms with Crippen molar-refractivity contribution >= 4 is 5.91 Å². The summed E-state index contributed by atoms with van der Waals surface area (Å²) < 4.78 is 11.3. The first-order valence-electron chi connectivity index (χ1n) is 6.67. The molecule has 1 aromatic heterocycles. The van der Waals surface area contributed by atoms with Crippen LogP contribution in [0.4, 0.5) is 0 Å². The number of amides is 1. The van der Waals surface area contributed by atoms with E-state index in [0.717, 1.165) is 18.4 Å². The minimum Gasteiger partial charge on any atom is -0.347 e. The summed E-state index contributed by atoms with van der Waals surface area (Å²) in [5.41, 5.74) is 1.66. The Balaban J connectivity index is 1.66. The van der Waals surface area contributed by atoms with Crippen LogP contribution >= 0.6 is 0 Å². The SMILES string of the molecule is Cc1cncc(C(=O)N2CCC3(CC2)OCCO3)c1. The summed E-state index contributed by atoms with van der Waals surface area (Å²) in [4.78, 5) is 18.3. The predicted molar refractivity (Wildman–Crippen MR) is 68.7 cm³/mol. The van der Waals surface area contributed by atoms with Crippen molar-refractivity contribution in [3.63, 3.8) is 0 Å². The molecule has 3 rings (SSSR count). The average Bonchev–Trinajstić information content (AvgIpc) is 2.87. The fraction of sp³-hybridized carbons (Fsp3) is 0.571. The minimum atomic E-state index is -0.429. The molecule has 0 bridgehead atoms. The second-order valence-electron chi connectivity index (χ2n) is 5.15. The molecule has 19 heavy (non-hydrogen) atoms. The quantitative estimate of drug-likeness (QED) is 0.767. The zero-order valence-electron chi connectivity index (χ0n) is 11.1. The molecule has 0 saturated carbocycles. The molecule has 2 aliphatic rings. The van der Waals surface area contributed by atoms with Crippen LogP contribution in [0.2, 0.25) is 0 Å². The Morgan fingerprint density at radius 1 is 1.26 bits per heavy atom. The van der Waals surface area contributed by atoms with E-state index < -0.39 is 5.79 Å². The lowest BCUT2D eigenvalue weighted by molar-refractivity contribution is -0.181. The highest BCUT2D eigenvalue weighted by Crippen LogP contribution is 2.31. The van der Waals surface area contributed by atoms with Gasteiger partial charge in [0.1, 0.15) is 0 Å². The Kier molecular flexibility index (Phi) is 3.24. The number of likely N-dealkylation sites (tertiary alicyclic amines) is 1. The number of carbonyl (C=O) groups excluding carboxylic acids is 1. The Bertz CT molecular complexity index is 473. The molecule has 2 aliphatic heterocycles. The topological polar surface area (TPSA) is 51.7 Å². The first-order valence-corrected chi connectivity index (χ1v) is 6.67. The number of rotatable bonds is 1. The zero-order valence-corrected chi connectivity index (χ0v) is 11.1. The summed E-state index contributed by atoms with van der Waals surface area (Å²) in [5.74, 6) is -0.384. The summed E-state index contributed by atoms with van der Waals surface area (Å²) in [5, 5.41) is 0. The number of piperidine rings is 1. The van der Waals surface area contributed by atoms with Gasteiger partial charge in [-0.05, 0) is 18.6 Å². The smallest absolute Gasteiger partial charge is 0.255 e. The molecule has 2 fully saturated rings. The van der Waals surface area contributed by atoms with E-state index in [-0.39, 0.29) is 5.91 Å². The van der Waals surface area contributed by atoms with Gasteiger partial charge in [-0.25, -0.2) is 0 Å². The van der Waals surface area contributed by atoms with Crippen molar-refractivity contribution in [2.24, 2.45) is 0 Å². The second-order valence-corrected chi connectivity index (χ2v) is 5.15. The van der Waals surface area contributed by atoms with E-state index in [4.69, 9.17) is 9.47 Å². The first-order chi connectivity index (χ1) is 9.19. The van der Waals surface area contributed by atoms with Gasteiger partial charge in [0.25, 0.3) is 5.91 Å². The Morgan fingerprint density at radius 3 is 2.58 bits per heavy atom. The van der Waals surface area contributed by atoms with Gasteiger partial charge in [0.15, 0.2) is 5.79 Å². The van der Waals surface area contributed by atoms with Crippen LogP contribution in [0.5, 0.6) is 0 Å². The molecule has 0 atom stereocenters. The van der Waals surface area contributed by atoms with Crippen LogP contribution in [0.15, 0.2) is 18.5 Å². The molecule has 0 aliphatic carbocycles. The number of ether oxygens (including phenoxy) is 2. The summed E-state index contributed by atoms with van der Waals surface area (Å²) in [6, 6.07) is 1.88. The maximum absolute atomic E-state index is 12.4. The van der Waals surface area contributed by atoms with E-state index >= 15 is 0 Å². The Morgan fingerprint density at radius 2 is 1.95 bits per heavy atom. The van der Waals surface area contributed by atoms with Crippen LogP contribution in [0.1, 0.15) is 28.8 Å². The van der Waals surface area contributed by atoms with Gasteiger partial charge in [-0.3, -0.25) is 9.78 Å². The van der Waals surface area contributed by atoms with E-state index in [2.05, 4.69) is 4.98 Å². The third-order valence-electron chi connectivity index (χ3n) is 3.75. The number of aromatic nitrogens is 1. The largest absolute Gasteiger partial charge is 0.347 e. The Hall–Kier alpha value is -1.46. The molecule has 1 amide bonds. The number of hydrogen-bond donors (Lipinski definition) is 0. The molecular weight excluding hydrogens is 244 g/mol. The van der Waals surface area contributed by atoms with Crippen LogP contribution < -0.4 is 0 Å². The molecule has 0 N–H and O–H groups in total. The van der Waals surface area contributed by atoms with Crippen molar-refractivity contribution in [3.8, 4) is 0 Å². The number of nitrogens with zero attached hydrogens (tertiary/aromatic N) is 2. The van der Waals surface area contributed by atoms with Gasteiger partial charge in [-0.2, -0.15) is 0 Å². The normalized spacial score (nSPS) is 21.8. The van der Waals surface area contributed by atoms with Crippen LogP contribution in [-0.2, 0) is 9.47 Å². The number of carbonyl (C=O) groups is 1. The number of hydrogen-bond acceptors (Lipinski definition) is 4. The van der Waals surface area contributed by atoms with Gasteiger partial charge in [0.2, 0.25) is 0 Å². The van der Waals surface area contributed by atoms with Gasteiger partial charge in [0, 0.05) is 38.3 Å². The standard InChI is InChI=1S/C14H18N2O3/c1-11-8-12(10-15-9-11)13(17)16-4-2-14(3-5-16)18-6-7-19-14/h8-10H,2-7H2,1H3. The molecule has 0 unspecified atom stereocenters. The lowest BCUT2D eigenvalue weighted by atomic mass is 10.0. The zero-order chi connectivity index (χ0) is 13.3. The number of pyridine rings is 1. The third-order valence-corrected chi connectivity index (χ3v) is 3.75. The molecule has 0 aromatic carbocycles. The van der Waals surface area contributed by atoms with Gasteiger partial charge >= 0.3 is 0 Å². The molecular formula is C14H18N2O3. The molecule has 102 valence electrons. The summed E-state index contributed by atoms with van der Waals surface area (Å²) in [6.07, 6.45) is 4.88. The fourth-order valence-corrected chi connectivity index (χ4v) is 2.69. The van der Waals surface area contributed by atoms with Crippen molar-refractivity contribution in [1.29, 1.82) is 0 Å². The highest BCUT2D eigenvalue weighted by molar-refractivity contribution is 5.94. The van der Waals surface area contributed by atoms with Crippen LogP contribution in [0, 0.1) is 6.92 Å². The van der Waals surface area contributed by atoms with Crippen LogP contribution in [0.3, 0.4) is 0 Å². The summed E-state index contributed by atoms with van der Waals surface area (Å²) in [6.45, 7) is 4.61. The van der Waals surface area contributed by atoms with Crippen molar-refractivity contribution in [2.75, 3.05) is 26.3 Å². The monoisotopic (exact) mass is 262 g/mol. The number of aryl methyl sites for hydroxylation is 1. The van der Waals surface area contributed by atoms with Crippen molar-refractivity contribution in [2.45, 2.75) is 25.6 Å². The van der Waals surface area contributed by atoms with E-state index in [9.17, 15) is 4.79 Å². The minimum absolute atomic E-state index is 0.0454. The molecule has 2 saturated heterocycles. The fourth-order valence-electron chi connectivity index (χ4n) is 2.69. The van der Waals surface area contributed by atoms with E-state index in [1.807, 2.05) is 17.9 Å². The van der Waals surface area contributed by atoms with Gasteiger partial charge in [0.05, 0.1) is 18.8 Å². The highest BCUT2D eigenvalue weighted by Gasteiger charge is 2.40. The van der Waals surface area contributed by atoms with Crippen molar-refractivity contribution < 1.29 is 14.3 Å². The second kappa shape index (κ2) is 4.90. The van der Waals surface area contributed by atoms with Crippen LogP contribution in [0.25, 0.3) is 0 Å². The first kappa shape index (κ1) is 12.6. The Labute approximate surface area is 112 Å². The van der Waals surface area contributed by atoms with Gasteiger partial charge in [-0.15, -0.1) is 0 Å². The third kappa shape index (κ3) is 2.48. The molecule has 5 heteroatoms. The van der Waals surface area contributed by atoms with Crippen molar-refractivity contribution in [1.82, 2.24) is 9.88 Å². The summed E-state index contributed by atoms with van der Waals surface area (Å²) in [7, 11) is 0. The lowest BCUT2D eigenvalue weighted by Gasteiger charge is -2.37. The molecule has 5 nitrogen and oxygen atoms in total. The van der Waals surface area contributed by atoms with Crippen molar-refractivity contribution in [3.05, 3.63) is 29.6 Å². The molecule has 1 spiro atoms. The molecule has 3 heterocycles. The highest BCUT2D eigenvalue weighted by atomic mass is 16.7. The van der Waals surface area contributed by atoms with Gasteiger partial charge in [-0.1, -0.05) is 0 Å². The van der Waals surface area contributed by atoms with Gasteiger partial charge < -0.3 is 14.4 Å². The molecule has 1 aromatic rings. The van der Waals surface area contributed by atoms with E-state index in [1.54, 1.807) is 12.4 Å².